The van der Waals surface area contributed by atoms with Crippen LogP contribution in [-0.2, 0) is 17.9 Å². The van der Waals surface area contributed by atoms with Gasteiger partial charge < -0.3 is 4.74 Å². The molecule has 7 heteroatoms. The number of carbonyl (C=O) groups is 1. The predicted molar refractivity (Wildman–Crippen MR) is 127 cm³/mol. The summed E-state index contributed by atoms with van der Waals surface area (Å²) in [4.78, 5) is 15.1. The average Bonchev–Trinajstić information content (AvgIpc) is 3.02. The number of halogens is 2. The molecule has 0 aromatic heterocycles. The van der Waals surface area contributed by atoms with E-state index in [0.717, 1.165) is 11.1 Å². The van der Waals surface area contributed by atoms with Gasteiger partial charge in [0, 0.05) is 10.6 Å². The molecule has 3 nitrogen and oxygen atoms in total. The minimum atomic E-state index is -0.298. The van der Waals surface area contributed by atoms with Gasteiger partial charge in [0.2, 0.25) is 0 Å². The molecule has 3 aromatic carbocycles. The zero-order valence-corrected chi connectivity index (χ0v) is 18.6. The van der Waals surface area contributed by atoms with E-state index in [-0.39, 0.29) is 18.3 Å². The fourth-order valence-corrected chi connectivity index (χ4v) is 4.48. The Hall–Kier alpha value is -2.67. The quantitative estimate of drug-likeness (QED) is 0.306. The first kappa shape index (κ1) is 21.6. The van der Waals surface area contributed by atoms with Crippen molar-refractivity contribution in [3.63, 3.8) is 0 Å². The van der Waals surface area contributed by atoms with Gasteiger partial charge in [-0.05, 0) is 47.5 Å². The monoisotopic (exact) mass is 469 g/mol. The Morgan fingerprint density at radius 3 is 2.52 bits per heavy atom. The fraction of sp³-hybridized carbons (Fsp3) is 0.0833. The third kappa shape index (κ3) is 5.34. The van der Waals surface area contributed by atoms with E-state index in [1.165, 1.54) is 23.9 Å². The van der Waals surface area contributed by atoms with Crippen LogP contribution >= 0.6 is 35.6 Å². The van der Waals surface area contributed by atoms with E-state index in [1.807, 2.05) is 30.3 Å². The Morgan fingerprint density at radius 1 is 1.03 bits per heavy atom. The van der Waals surface area contributed by atoms with Crippen LogP contribution in [0.25, 0.3) is 6.08 Å². The predicted octanol–water partition coefficient (Wildman–Crippen LogP) is 6.46. The number of thioether (sulfide) groups is 1. The molecule has 1 aliphatic heterocycles. The van der Waals surface area contributed by atoms with Gasteiger partial charge in [-0.3, -0.25) is 9.69 Å². The highest BCUT2D eigenvalue weighted by molar-refractivity contribution is 8.26. The van der Waals surface area contributed by atoms with Crippen molar-refractivity contribution in [3.05, 3.63) is 105 Å². The molecule has 3 aromatic rings. The molecule has 1 saturated heterocycles. The summed E-state index contributed by atoms with van der Waals surface area (Å²) in [6.07, 6.45) is 1.75. The lowest BCUT2D eigenvalue weighted by atomic mass is 10.1. The van der Waals surface area contributed by atoms with Gasteiger partial charge in [0.15, 0.2) is 0 Å². The summed E-state index contributed by atoms with van der Waals surface area (Å²) in [6, 6.07) is 21.0. The summed E-state index contributed by atoms with van der Waals surface area (Å²) in [5.74, 6) is 0.124. The second kappa shape index (κ2) is 9.64. The summed E-state index contributed by atoms with van der Waals surface area (Å²) in [7, 11) is 0. The van der Waals surface area contributed by atoms with Gasteiger partial charge in [0.05, 0.1) is 11.4 Å². The summed E-state index contributed by atoms with van der Waals surface area (Å²) in [5, 5.41) is 0.528. The van der Waals surface area contributed by atoms with Gasteiger partial charge in [-0.25, -0.2) is 4.39 Å². The highest BCUT2D eigenvalue weighted by Crippen LogP contribution is 2.36. The molecule has 1 heterocycles. The summed E-state index contributed by atoms with van der Waals surface area (Å²) < 4.78 is 19.5. The van der Waals surface area contributed by atoms with E-state index >= 15 is 0 Å². The minimum Gasteiger partial charge on any atom is -0.488 e. The van der Waals surface area contributed by atoms with Crippen LogP contribution in [0.5, 0.6) is 5.75 Å². The molecule has 0 bridgehead atoms. The van der Waals surface area contributed by atoms with Crippen molar-refractivity contribution >= 4 is 51.9 Å². The van der Waals surface area contributed by atoms with Crippen LogP contribution in [0.3, 0.4) is 0 Å². The molecule has 0 radical (unpaired) electrons. The number of benzene rings is 3. The van der Waals surface area contributed by atoms with E-state index in [1.54, 1.807) is 41.3 Å². The fourth-order valence-electron chi connectivity index (χ4n) is 3.05. The lowest BCUT2D eigenvalue weighted by Gasteiger charge is -2.14. The lowest BCUT2D eigenvalue weighted by molar-refractivity contribution is -0.122. The molecule has 1 aliphatic rings. The van der Waals surface area contributed by atoms with Crippen LogP contribution < -0.4 is 4.74 Å². The smallest absolute Gasteiger partial charge is 0.266 e. The summed E-state index contributed by atoms with van der Waals surface area (Å²) in [5.41, 5.74) is 2.51. The van der Waals surface area contributed by atoms with Crippen molar-refractivity contribution in [2.45, 2.75) is 13.2 Å². The van der Waals surface area contributed by atoms with Crippen LogP contribution in [0.15, 0.2) is 77.7 Å². The maximum atomic E-state index is 13.1. The van der Waals surface area contributed by atoms with Crippen LogP contribution in [0.2, 0.25) is 5.02 Å². The summed E-state index contributed by atoms with van der Waals surface area (Å²) in [6.45, 7) is 0.685. The van der Waals surface area contributed by atoms with Crippen LogP contribution in [0, 0.1) is 5.82 Å². The van der Waals surface area contributed by atoms with E-state index in [0.29, 0.717) is 32.1 Å². The number of thiocarbonyl (C=S) groups is 1. The highest BCUT2D eigenvalue weighted by Gasteiger charge is 2.32. The molecule has 31 heavy (non-hydrogen) atoms. The normalized spacial score (nSPS) is 15.0. The Kier molecular flexibility index (Phi) is 6.70. The number of hydrogen-bond acceptors (Lipinski definition) is 4. The van der Waals surface area contributed by atoms with Crippen molar-refractivity contribution in [1.29, 1.82) is 0 Å². The van der Waals surface area contributed by atoms with Gasteiger partial charge in [-0.15, -0.1) is 0 Å². The first-order valence-corrected chi connectivity index (χ1v) is 11.1. The SMILES string of the molecule is O=C1C(=Cc2cc(Cl)ccc2OCc2ccc(F)cc2)SC(=S)N1Cc1ccccc1. The van der Waals surface area contributed by atoms with Crippen LogP contribution in [-0.4, -0.2) is 15.1 Å². The lowest BCUT2D eigenvalue weighted by Crippen LogP contribution is -2.27. The van der Waals surface area contributed by atoms with E-state index in [4.69, 9.17) is 28.6 Å². The van der Waals surface area contributed by atoms with Gasteiger partial charge in [0.25, 0.3) is 5.91 Å². The molecule has 156 valence electrons. The number of carbonyl (C=O) groups excluding carboxylic acids is 1. The maximum Gasteiger partial charge on any atom is 0.266 e. The third-order valence-electron chi connectivity index (χ3n) is 4.62. The third-order valence-corrected chi connectivity index (χ3v) is 6.24. The van der Waals surface area contributed by atoms with Gasteiger partial charge >= 0.3 is 0 Å². The first-order valence-electron chi connectivity index (χ1n) is 9.46. The second-order valence-electron chi connectivity index (χ2n) is 6.85. The van der Waals surface area contributed by atoms with Gasteiger partial charge in [-0.1, -0.05) is 78.0 Å². The van der Waals surface area contributed by atoms with Gasteiger partial charge in [-0.2, -0.15) is 0 Å². The van der Waals surface area contributed by atoms with Crippen molar-refractivity contribution < 1.29 is 13.9 Å². The Morgan fingerprint density at radius 2 is 1.77 bits per heavy atom. The highest BCUT2D eigenvalue weighted by atomic mass is 35.5. The molecule has 4 rings (SSSR count). The summed E-state index contributed by atoms with van der Waals surface area (Å²) >= 11 is 12.9. The number of hydrogen-bond donors (Lipinski definition) is 0. The zero-order chi connectivity index (χ0) is 21.8. The molecule has 0 N–H and O–H groups in total. The Bertz CT molecular complexity index is 1150. The number of rotatable bonds is 6. The van der Waals surface area contributed by atoms with E-state index in [2.05, 4.69) is 0 Å². The van der Waals surface area contributed by atoms with Crippen molar-refractivity contribution in [2.24, 2.45) is 0 Å². The number of nitrogens with zero attached hydrogens (tertiary/aromatic N) is 1. The molecule has 0 atom stereocenters. The molecule has 1 amide bonds. The average molecular weight is 470 g/mol. The Labute approximate surface area is 194 Å². The van der Waals surface area contributed by atoms with Crippen LogP contribution in [0.4, 0.5) is 4.39 Å². The maximum absolute atomic E-state index is 13.1. The number of ether oxygens (including phenoxy) is 1. The van der Waals surface area contributed by atoms with Gasteiger partial charge in [0.1, 0.15) is 22.5 Å². The molecule has 0 aliphatic carbocycles. The van der Waals surface area contributed by atoms with Crippen molar-refractivity contribution in [2.75, 3.05) is 0 Å². The van der Waals surface area contributed by atoms with E-state index in [9.17, 15) is 9.18 Å². The van der Waals surface area contributed by atoms with Crippen molar-refractivity contribution in [3.8, 4) is 5.75 Å². The second-order valence-corrected chi connectivity index (χ2v) is 8.96. The molecule has 0 saturated carbocycles. The first-order chi connectivity index (χ1) is 15.0. The van der Waals surface area contributed by atoms with E-state index < -0.39 is 0 Å². The minimum absolute atomic E-state index is 0.150. The Balaban J connectivity index is 1.54. The molecular formula is C24H17ClFNO2S2. The molecule has 1 fully saturated rings. The van der Waals surface area contributed by atoms with Crippen LogP contribution in [0.1, 0.15) is 16.7 Å². The molecule has 0 spiro atoms. The number of amides is 1. The topological polar surface area (TPSA) is 29.5 Å². The zero-order valence-electron chi connectivity index (χ0n) is 16.3. The standard InChI is InChI=1S/C24H17ClFNO2S2/c25-19-8-11-21(29-15-17-6-9-20(26)10-7-17)18(12-19)13-22-23(28)27(24(30)31-22)14-16-4-2-1-3-5-16/h1-13H,14-15H2. The molecule has 0 unspecified atom stereocenters. The molecular weight excluding hydrogens is 453 g/mol. The van der Waals surface area contributed by atoms with Crippen molar-refractivity contribution in [1.82, 2.24) is 4.90 Å². The largest absolute Gasteiger partial charge is 0.488 e.